The van der Waals surface area contributed by atoms with E-state index in [1.54, 1.807) is 6.92 Å². The topological polar surface area (TPSA) is 63.6 Å². The number of ether oxygens (including phenoxy) is 1. The third-order valence-corrected chi connectivity index (χ3v) is 1.83. The molecule has 0 fully saturated rings. The van der Waals surface area contributed by atoms with Crippen LogP contribution in [-0.2, 0) is 14.3 Å². The number of rotatable bonds is 6. The van der Waals surface area contributed by atoms with Gasteiger partial charge >= 0.3 is 11.9 Å². The Bertz CT molecular complexity index is 232. The van der Waals surface area contributed by atoms with Crippen molar-refractivity contribution in [2.45, 2.75) is 26.7 Å². The van der Waals surface area contributed by atoms with Crippen molar-refractivity contribution < 1.29 is 19.4 Å². The van der Waals surface area contributed by atoms with E-state index in [1.165, 1.54) is 0 Å². The van der Waals surface area contributed by atoms with E-state index in [0.29, 0.717) is 12.8 Å². The molecule has 0 bridgehead atoms. The zero-order valence-electron chi connectivity index (χ0n) is 8.58. The molecule has 0 aromatic carbocycles. The first-order chi connectivity index (χ1) is 6.54. The highest BCUT2D eigenvalue weighted by molar-refractivity contribution is 5.94. The highest BCUT2D eigenvalue weighted by atomic mass is 16.5. The van der Waals surface area contributed by atoms with Crippen LogP contribution in [-0.4, -0.2) is 23.7 Å². The molecule has 1 atom stereocenters. The van der Waals surface area contributed by atoms with Crippen LogP contribution in [0.5, 0.6) is 0 Å². The van der Waals surface area contributed by atoms with Gasteiger partial charge in [-0.3, -0.25) is 4.79 Å². The van der Waals surface area contributed by atoms with Crippen LogP contribution in [0.3, 0.4) is 0 Å². The molecule has 0 saturated heterocycles. The monoisotopic (exact) mass is 200 g/mol. The zero-order chi connectivity index (χ0) is 11.1. The van der Waals surface area contributed by atoms with Crippen molar-refractivity contribution in [1.29, 1.82) is 0 Å². The van der Waals surface area contributed by atoms with E-state index < -0.39 is 17.9 Å². The lowest BCUT2D eigenvalue weighted by molar-refractivity contribution is -0.146. The van der Waals surface area contributed by atoms with Crippen molar-refractivity contribution >= 4 is 11.9 Å². The standard InChI is InChI=1S/C10H16O4/c1-4-6-8(9(11)12)7(3)10(13)14-5-2/h8H,3-6H2,1-2H3,(H,11,12). The molecule has 14 heavy (non-hydrogen) atoms. The van der Waals surface area contributed by atoms with Gasteiger partial charge in [0, 0.05) is 5.57 Å². The van der Waals surface area contributed by atoms with Gasteiger partial charge in [0.15, 0.2) is 0 Å². The summed E-state index contributed by atoms with van der Waals surface area (Å²) in [6.45, 7) is 7.21. The van der Waals surface area contributed by atoms with Crippen LogP contribution in [0.2, 0.25) is 0 Å². The molecular weight excluding hydrogens is 184 g/mol. The maximum absolute atomic E-state index is 11.2. The molecule has 1 unspecified atom stereocenters. The number of hydrogen-bond acceptors (Lipinski definition) is 3. The molecule has 0 aromatic rings. The lowest BCUT2D eigenvalue weighted by atomic mass is 9.96. The normalized spacial score (nSPS) is 11.9. The van der Waals surface area contributed by atoms with Crippen molar-refractivity contribution in [3.05, 3.63) is 12.2 Å². The number of carbonyl (C=O) groups is 2. The predicted molar refractivity (Wildman–Crippen MR) is 51.8 cm³/mol. The molecule has 4 nitrogen and oxygen atoms in total. The first-order valence-corrected chi connectivity index (χ1v) is 4.63. The molecular formula is C10H16O4. The molecule has 0 aromatic heterocycles. The molecule has 1 N–H and O–H groups in total. The second kappa shape index (κ2) is 6.18. The van der Waals surface area contributed by atoms with Crippen LogP contribution in [0.4, 0.5) is 0 Å². The molecule has 0 aliphatic heterocycles. The summed E-state index contributed by atoms with van der Waals surface area (Å²) in [6, 6.07) is 0. The van der Waals surface area contributed by atoms with Gasteiger partial charge in [-0.05, 0) is 13.3 Å². The Kier molecular flexibility index (Phi) is 5.60. The van der Waals surface area contributed by atoms with E-state index >= 15 is 0 Å². The molecule has 0 amide bonds. The van der Waals surface area contributed by atoms with Gasteiger partial charge in [-0.25, -0.2) is 4.79 Å². The largest absolute Gasteiger partial charge is 0.481 e. The van der Waals surface area contributed by atoms with Crippen LogP contribution in [0.1, 0.15) is 26.7 Å². The summed E-state index contributed by atoms with van der Waals surface area (Å²) in [7, 11) is 0. The summed E-state index contributed by atoms with van der Waals surface area (Å²) >= 11 is 0. The lowest BCUT2D eigenvalue weighted by Gasteiger charge is -2.12. The lowest BCUT2D eigenvalue weighted by Crippen LogP contribution is -2.22. The number of hydrogen-bond donors (Lipinski definition) is 1. The van der Waals surface area contributed by atoms with Crippen molar-refractivity contribution in [2.24, 2.45) is 5.92 Å². The Hall–Kier alpha value is -1.32. The van der Waals surface area contributed by atoms with Gasteiger partial charge < -0.3 is 9.84 Å². The summed E-state index contributed by atoms with van der Waals surface area (Å²) in [5, 5.41) is 8.82. The summed E-state index contributed by atoms with van der Waals surface area (Å²) < 4.78 is 4.68. The Morgan fingerprint density at radius 3 is 2.36 bits per heavy atom. The summed E-state index contributed by atoms with van der Waals surface area (Å²) in [6.07, 6.45) is 1.10. The Morgan fingerprint density at radius 1 is 1.43 bits per heavy atom. The fourth-order valence-electron chi connectivity index (χ4n) is 1.10. The number of carbonyl (C=O) groups excluding carboxylic acids is 1. The van der Waals surface area contributed by atoms with Crippen LogP contribution < -0.4 is 0 Å². The molecule has 0 aliphatic carbocycles. The van der Waals surface area contributed by atoms with E-state index in [-0.39, 0.29) is 12.2 Å². The first-order valence-electron chi connectivity index (χ1n) is 4.63. The molecule has 0 aliphatic rings. The minimum atomic E-state index is -1.02. The Morgan fingerprint density at radius 2 is 2.00 bits per heavy atom. The van der Waals surface area contributed by atoms with Crippen LogP contribution in [0, 0.1) is 5.92 Å². The van der Waals surface area contributed by atoms with Gasteiger partial charge in [-0.2, -0.15) is 0 Å². The SMILES string of the molecule is C=C(C(=O)OCC)C(CCC)C(=O)O. The number of carboxylic acid groups (broad SMARTS) is 1. The molecule has 80 valence electrons. The second-order valence-electron chi connectivity index (χ2n) is 2.93. The van der Waals surface area contributed by atoms with Crippen molar-refractivity contribution in [3.8, 4) is 0 Å². The van der Waals surface area contributed by atoms with E-state index in [0.717, 1.165) is 0 Å². The molecule has 0 radical (unpaired) electrons. The van der Waals surface area contributed by atoms with Gasteiger partial charge in [-0.15, -0.1) is 0 Å². The van der Waals surface area contributed by atoms with Gasteiger partial charge in [0.25, 0.3) is 0 Å². The van der Waals surface area contributed by atoms with E-state index in [1.807, 2.05) is 6.92 Å². The van der Waals surface area contributed by atoms with Crippen molar-refractivity contribution in [2.75, 3.05) is 6.61 Å². The highest BCUT2D eigenvalue weighted by Crippen LogP contribution is 2.17. The average Bonchev–Trinajstić information content (AvgIpc) is 2.13. The molecule has 0 rings (SSSR count). The Labute approximate surface area is 83.6 Å². The second-order valence-corrected chi connectivity index (χ2v) is 2.93. The molecule has 0 heterocycles. The number of esters is 1. The maximum Gasteiger partial charge on any atom is 0.334 e. The van der Waals surface area contributed by atoms with Crippen LogP contribution in [0.25, 0.3) is 0 Å². The summed E-state index contributed by atoms with van der Waals surface area (Å²) in [4.78, 5) is 21.9. The van der Waals surface area contributed by atoms with Crippen LogP contribution in [0.15, 0.2) is 12.2 Å². The Balaban J connectivity index is 4.43. The predicted octanol–water partition coefficient (Wildman–Crippen LogP) is 1.61. The summed E-state index contributed by atoms with van der Waals surface area (Å²) in [5.41, 5.74) is 0.0289. The third-order valence-electron chi connectivity index (χ3n) is 1.83. The molecule has 4 heteroatoms. The fraction of sp³-hybridized carbons (Fsp3) is 0.600. The van der Waals surface area contributed by atoms with Gasteiger partial charge in [0.05, 0.1) is 12.5 Å². The van der Waals surface area contributed by atoms with Crippen molar-refractivity contribution in [1.82, 2.24) is 0 Å². The quantitative estimate of drug-likeness (QED) is 0.522. The smallest absolute Gasteiger partial charge is 0.334 e. The maximum atomic E-state index is 11.2. The third kappa shape index (κ3) is 3.60. The summed E-state index contributed by atoms with van der Waals surface area (Å²) in [5.74, 6) is -2.46. The number of aliphatic carboxylic acids is 1. The van der Waals surface area contributed by atoms with Gasteiger partial charge in [0.1, 0.15) is 0 Å². The average molecular weight is 200 g/mol. The molecule has 0 saturated carbocycles. The van der Waals surface area contributed by atoms with Crippen molar-refractivity contribution in [3.63, 3.8) is 0 Å². The minimum Gasteiger partial charge on any atom is -0.481 e. The first kappa shape index (κ1) is 12.7. The van der Waals surface area contributed by atoms with E-state index in [9.17, 15) is 9.59 Å². The van der Waals surface area contributed by atoms with Gasteiger partial charge in [-0.1, -0.05) is 19.9 Å². The van der Waals surface area contributed by atoms with Crippen LogP contribution >= 0.6 is 0 Å². The number of carboxylic acids is 1. The zero-order valence-corrected chi connectivity index (χ0v) is 8.58. The van der Waals surface area contributed by atoms with E-state index in [2.05, 4.69) is 11.3 Å². The van der Waals surface area contributed by atoms with E-state index in [4.69, 9.17) is 5.11 Å². The minimum absolute atomic E-state index is 0.0289. The highest BCUT2D eigenvalue weighted by Gasteiger charge is 2.25. The fourth-order valence-corrected chi connectivity index (χ4v) is 1.10. The molecule has 0 spiro atoms. The van der Waals surface area contributed by atoms with Gasteiger partial charge in [0.2, 0.25) is 0 Å².